The molecular weight excluding hydrogens is 292 g/mol. The monoisotopic (exact) mass is 322 g/mol. The Kier molecular flexibility index (Phi) is 5.09. The van der Waals surface area contributed by atoms with Crippen molar-refractivity contribution in [3.05, 3.63) is 0 Å². The number of nitrogens with one attached hydrogen (secondary N) is 3. The van der Waals surface area contributed by atoms with Gasteiger partial charge >= 0.3 is 6.03 Å². The lowest BCUT2D eigenvalue weighted by Crippen LogP contribution is -2.61. The second kappa shape index (κ2) is 7.07. The van der Waals surface area contributed by atoms with Crippen molar-refractivity contribution < 1.29 is 9.59 Å². The van der Waals surface area contributed by atoms with Gasteiger partial charge in [-0.3, -0.25) is 4.79 Å². The first-order chi connectivity index (χ1) is 11.1. The van der Waals surface area contributed by atoms with Gasteiger partial charge in [-0.15, -0.1) is 0 Å². The molecule has 0 atom stereocenters. The summed E-state index contributed by atoms with van der Waals surface area (Å²) in [6.07, 6.45) is 8.64. The number of rotatable bonds is 7. The summed E-state index contributed by atoms with van der Waals surface area (Å²) in [7, 11) is 0. The highest BCUT2D eigenvalue weighted by Gasteiger charge is 2.51. The minimum absolute atomic E-state index is 0.0300. The first-order valence-corrected chi connectivity index (χ1v) is 9.11. The summed E-state index contributed by atoms with van der Waals surface area (Å²) in [5, 5.41) is 8.89. The van der Waals surface area contributed by atoms with Crippen molar-refractivity contribution in [1.29, 1.82) is 0 Å². The fraction of sp³-hybridized carbons (Fsp3) is 0.882. The van der Waals surface area contributed by atoms with Crippen LogP contribution in [0.15, 0.2) is 0 Å². The van der Waals surface area contributed by atoms with Crippen LogP contribution in [-0.4, -0.2) is 37.1 Å². The Labute approximate surface area is 138 Å². The molecule has 4 bridgehead atoms. The van der Waals surface area contributed by atoms with Gasteiger partial charge in [0, 0.05) is 25.0 Å². The van der Waals surface area contributed by atoms with Gasteiger partial charge < -0.3 is 21.7 Å². The lowest BCUT2D eigenvalue weighted by atomic mass is 9.53. The second-order valence-corrected chi connectivity index (χ2v) is 7.82. The first kappa shape index (κ1) is 16.6. The van der Waals surface area contributed by atoms with E-state index in [1.54, 1.807) is 0 Å². The molecule has 5 N–H and O–H groups in total. The number of carbonyl (C=O) groups excluding carboxylic acids is 2. The number of nitrogens with two attached hydrogens (primary N) is 1. The topological polar surface area (TPSA) is 96.2 Å². The normalized spacial score (nSPS) is 34.2. The first-order valence-electron chi connectivity index (χ1n) is 9.11. The largest absolute Gasteiger partial charge is 0.356 e. The van der Waals surface area contributed by atoms with Crippen molar-refractivity contribution in [2.75, 3.05) is 19.6 Å². The van der Waals surface area contributed by atoms with Crippen molar-refractivity contribution in [2.45, 2.75) is 56.9 Å². The van der Waals surface area contributed by atoms with Crippen molar-refractivity contribution >= 4 is 11.9 Å². The number of carbonyl (C=O) groups is 2. The predicted octanol–water partition coefficient (Wildman–Crippen LogP) is 1.11. The quantitative estimate of drug-likeness (QED) is 0.529. The van der Waals surface area contributed by atoms with Crippen LogP contribution >= 0.6 is 0 Å². The van der Waals surface area contributed by atoms with Gasteiger partial charge in [0.05, 0.1) is 0 Å². The molecule has 0 heterocycles. The van der Waals surface area contributed by atoms with Crippen LogP contribution in [-0.2, 0) is 4.79 Å². The zero-order chi connectivity index (χ0) is 16.3. The molecule has 4 rings (SSSR count). The molecule has 4 aliphatic carbocycles. The number of hydrogen-bond donors (Lipinski definition) is 4. The molecule has 0 aliphatic heterocycles. The number of urea groups is 1. The third kappa shape index (κ3) is 4.16. The summed E-state index contributed by atoms with van der Waals surface area (Å²) in [5.74, 6) is 2.41. The Morgan fingerprint density at radius 2 is 1.57 bits per heavy atom. The predicted molar refractivity (Wildman–Crippen MR) is 88.7 cm³/mol. The van der Waals surface area contributed by atoms with E-state index in [9.17, 15) is 9.59 Å². The van der Waals surface area contributed by atoms with Gasteiger partial charge in [0.25, 0.3) is 0 Å². The Morgan fingerprint density at radius 1 is 0.957 bits per heavy atom. The van der Waals surface area contributed by atoms with Crippen LogP contribution in [0.4, 0.5) is 4.79 Å². The molecule has 4 aliphatic rings. The highest BCUT2D eigenvalue weighted by molar-refractivity contribution is 5.78. The Morgan fingerprint density at radius 3 is 2.13 bits per heavy atom. The van der Waals surface area contributed by atoms with Gasteiger partial charge in [-0.2, -0.15) is 0 Å². The summed E-state index contributed by atoms with van der Waals surface area (Å²) < 4.78 is 0. The summed E-state index contributed by atoms with van der Waals surface area (Å²) in [6, 6.07) is -0.110. The molecule has 4 saturated carbocycles. The average Bonchev–Trinajstić information content (AvgIpc) is 2.45. The summed E-state index contributed by atoms with van der Waals surface area (Å²) in [5.41, 5.74) is 5.41. The molecule has 0 saturated heterocycles. The van der Waals surface area contributed by atoms with Gasteiger partial charge in [0.15, 0.2) is 0 Å². The van der Waals surface area contributed by atoms with Crippen LogP contribution in [0.25, 0.3) is 0 Å². The van der Waals surface area contributed by atoms with Crippen LogP contribution in [0, 0.1) is 17.8 Å². The summed E-state index contributed by atoms with van der Waals surface area (Å²) in [4.78, 5) is 23.8. The fourth-order valence-electron chi connectivity index (χ4n) is 5.26. The molecule has 0 aromatic carbocycles. The van der Waals surface area contributed by atoms with E-state index in [0.717, 1.165) is 43.4 Å². The number of hydrogen-bond acceptors (Lipinski definition) is 3. The van der Waals surface area contributed by atoms with Crippen molar-refractivity contribution in [3.8, 4) is 0 Å². The van der Waals surface area contributed by atoms with Crippen LogP contribution in [0.1, 0.15) is 51.4 Å². The minimum atomic E-state index is -0.110. The molecule has 0 unspecified atom stereocenters. The minimum Gasteiger partial charge on any atom is -0.356 e. The van der Waals surface area contributed by atoms with Gasteiger partial charge in [0.2, 0.25) is 5.91 Å². The highest BCUT2D eigenvalue weighted by Crippen LogP contribution is 2.55. The van der Waals surface area contributed by atoms with Crippen molar-refractivity contribution in [1.82, 2.24) is 16.0 Å². The van der Waals surface area contributed by atoms with Crippen molar-refractivity contribution in [2.24, 2.45) is 23.5 Å². The zero-order valence-electron chi connectivity index (χ0n) is 13.9. The molecule has 23 heavy (non-hydrogen) atoms. The third-order valence-corrected chi connectivity index (χ3v) is 5.76. The molecule has 0 aromatic heterocycles. The average molecular weight is 322 g/mol. The van der Waals surface area contributed by atoms with Gasteiger partial charge in [-0.25, -0.2) is 4.79 Å². The third-order valence-electron chi connectivity index (χ3n) is 5.76. The van der Waals surface area contributed by atoms with Crippen molar-refractivity contribution in [3.63, 3.8) is 0 Å². The molecule has 0 aromatic rings. The molecule has 0 spiro atoms. The SMILES string of the molecule is NCCCNC(=O)CCNC(=O)NC12CC3CC(CC(C3)C1)C2. The maximum atomic E-state index is 12.2. The van der Waals surface area contributed by atoms with Crippen LogP contribution in [0.2, 0.25) is 0 Å². The van der Waals surface area contributed by atoms with E-state index in [4.69, 9.17) is 5.73 Å². The molecule has 3 amide bonds. The highest BCUT2D eigenvalue weighted by atomic mass is 16.2. The maximum absolute atomic E-state index is 12.2. The van der Waals surface area contributed by atoms with E-state index < -0.39 is 0 Å². The Hall–Kier alpha value is -1.30. The standard InChI is InChI=1S/C17H30N4O2/c18-3-1-4-19-15(22)2-5-20-16(23)21-17-9-12-6-13(10-17)8-14(7-12)11-17/h12-14H,1-11,18H2,(H,19,22)(H2,20,21,23). The Bertz CT molecular complexity index is 417. The van der Waals surface area contributed by atoms with Crippen LogP contribution in [0.5, 0.6) is 0 Å². The summed E-state index contributed by atoms with van der Waals surface area (Å²) >= 11 is 0. The zero-order valence-corrected chi connectivity index (χ0v) is 13.9. The van der Waals surface area contributed by atoms with Crippen LogP contribution < -0.4 is 21.7 Å². The second-order valence-electron chi connectivity index (χ2n) is 7.82. The maximum Gasteiger partial charge on any atom is 0.315 e. The van der Waals surface area contributed by atoms with E-state index >= 15 is 0 Å². The van der Waals surface area contributed by atoms with E-state index in [0.29, 0.717) is 26.1 Å². The van der Waals surface area contributed by atoms with Gasteiger partial charge in [0.1, 0.15) is 0 Å². The van der Waals surface area contributed by atoms with Gasteiger partial charge in [-0.05, 0) is 69.2 Å². The lowest BCUT2D eigenvalue weighted by Gasteiger charge is -2.56. The van der Waals surface area contributed by atoms with E-state index in [1.807, 2.05) is 0 Å². The lowest BCUT2D eigenvalue weighted by molar-refractivity contribution is -0.120. The fourth-order valence-corrected chi connectivity index (χ4v) is 5.26. The Balaban J connectivity index is 1.37. The van der Waals surface area contributed by atoms with Crippen LogP contribution in [0.3, 0.4) is 0 Å². The van der Waals surface area contributed by atoms with E-state index in [-0.39, 0.29) is 17.5 Å². The molecule has 0 radical (unpaired) electrons. The molecule has 4 fully saturated rings. The van der Waals surface area contributed by atoms with E-state index in [2.05, 4.69) is 16.0 Å². The molecule has 6 nitrogen and oxygen atoms in total. The van der Waals surface area contributed by atoms with E-state index in [1.165, 1.54) is 19.3 Å². The smallest absolute Gasteiger partial charge is 0.315 e. The molecule has 130 valence electrons. The number of amides is 3. The van der Waals surface area contributed by atoms with Gasteiger partial charge in [-0.1, -0.05) is 0 Å². The molecule has 6 heteroatoms. The summed E-state index contributed by atoms with van der Waals surface area (Å²) in [6.45, 7) is 1.56. The molecular formula is C17H30N4O2.